The van der Waals surface area contributed by atoms with E-state index in [0.717, 1.165) is 23.6 Å². The first-order chi connectivity index (χ1) is 13.2. The monoisotopic (exact) mass is 383 g/mol. The maximum Gasteiger partial charge on any atom is 0.261 e. The molecule has 0 fully saturated rings. The molecule has 0 atom stereocenters. The summed E-state index contributed by atoms with van der Waals surface area (Å²) in [6.07, 6.45) is 1.61. The third-order valence-corrected chi connectivity index (χ3v) is 4.80. The van der Waals surface area contributed by atoms with Crippen LogP contribution in [0, 0.1) is 0 Å². The SMILES string of the molecule is CCOc1ccccc1C(=O)Nc1nnc(CCc2ccc(OC)cc2)s1. The third kappa shape index (κ3) is 5.04. The van der Waals surface area contributed by atoms with Gasteiger partial charge in [-0.2, -0.15) is 0 Å². The van der Waals surface area contributed by atoms with Gasteiger partial charge in [0.25, 0.3) is 5.91 Å². The van der Waals surface area contributed by atoms with Gasteiger partial charge >= 0.3 is 0 Å². The largest absolute Gasteiger partial charge is 0.497 e. The summed E-state index contributed by atoms with van der Waals surface area (Å²) in [6.45, 7) is 2.38. The standard InChI is InChI=1S/C20H21N3O3S/c1-3-26-17-7-5-4-6-16(17)19(24)21-20-23-22-18(27-20)13-10-14-8-11-15(25-2)12-9-14/h4-9,11-12H,3,10,13H2,1-2H3,(H,21,23,24). The van der Waals surface area contributed by atoms with Crippen LogP contribution in [0.1, 0.15) is 27.9 Å². The van der Waals surface area contributed by atoms with Gasteiger partial charge in [0.1, 0.15) is 16.5 Å². The van der Waals surface area contributed by atoms with E-state index in [1.165, 1.54) is 16.9 Å². The second-order valence-electron chi connectivity index (χ2n) is 5.73. The van der Waals surface area contributed by atoms with Gasteiger partial charge < -0.3 is 9.47 Å². The molecular weight excluding hydrogens is 362 g/mol. The van der Waals surface area contributed by atoms with Crippen LogP contribution in [0.5, 0.6) is 11.5 Å². The van der Waals surface area contributed by atoms with Crippen molar-refractivity contribution in [3.05, 3.63) is 64.7 Å². The Kier molecular flexibility index (Phi) is 6.38. The molecule has 0 saturated carbocycles. The van der Waals surface area contributed by atoms with Gasteiger partial charge in [0.2, 0.25) is 5.13 Å². The lowest BCUT2D eigenvalue weighted by molar-refractivity contribution is 0.102. The van der Waals surface area contributed by atoms with E-state index in [2.05, 4.69) is 15.5 Å². The number of carbonyl (C=O) groups is 1. The molecule has 0 unspecified atom stereocenters. The molecule has 0 aliphatic carbocycles. The summed E-state index contributed by atoms with van der Waals surface area (Å²) in [7, 11) is 1.65. The van der Waals surface area contributed by atoms with Crippen LogP contribution in [0.25, 0.3) is 0 Å². The van der Waals surface area contributed by atoms with Gasteiger partial charge in [0, 0.05) is 6.42 Å². The number of hydrogen-bond acceptors (Lipinski definition) is 6. The summed E-state index contributed by atoms with van der Waals surface area (Å²) in [5.41, 5.74) is 1.68. The molecule has 140 valence electrons. The first-order valence-electron chi connectivity index (χ1n) is 8.68. The van der Waals surface area contributed by atoms with Crippen molar-refractivity contribution in [3.8, 4) is 11.5 Å². The molecule has 27 heavy (non-hydrogen) atoms. The Balaban J connectivity index is 1.59. The van der Waals surface area contributed by atoms with E-state index in [9.17, 15) is 4.79 Å². The fourth-order valence-corrected chi connectivity index (χ4v) is 3.28. The predicted molar refractivity (Wildman–Crippen MR) is 106 cm³/mol. The minimum Gasteiger partial charge on any atom is -0.497 e. The number of rotatable bonds is 8. The Hall–Kier alpha value is -2.93. The Bertz CT molecular complexity index is 893. The highest BCUT2D eigenvalue weighted by atomic mass is 32.1. The topological polar surface area (TPSA) is 73.3 Å². The molecule has 1 heterocycles. The first kappa shape index (κ1) is 18.8. The molecule has 2 aromatic carbocycles. The maximum absolute atomic E-state index is 12.5. The average Bonchev–Trinajstić information content (AvgIpc) is 3.14. The number of methoxy groups -OCH3 is 1. The fraction of sp³-hybridized carbons (Fsp3) is 0.250. The van der Waals surface area contributed by atoms with Crippen molar-refractivity contribution in [2.45, 2.75) is 19.8 Å². The number of aromatic nitrogens is 2. The highest BCUT2D eigenvalue weighted by Gasteiger charge is 2.14. The van der Waals surface area contributed by atoms with Crippen LogP contribution >= 0.6 is 11.3 Å². The molecule has 1 aromatic heterocycles. The van der Waals surface area contributed by atoms with Crippen LogP contribution in [0.3, 0.4) is 0 Å². The molecule has 0 aliphatic rings. The zero-order valence-electron chi connectivity index (χ0n) is 15.3. The van der Waals surface area contributed by atoms with Crippen molar-refractivity contribution in [1.82, 2.24) is 10.2 Å². The zero-order valence-corrected chi connectivity index (χ0v) is 16.1. The van der Waals surface area contributed by atoms with E-state index in [-0.39, 0.29) is 5.91 Å². The molecule has 0 bridgehead atoms. The lowest BCUT2D eigenvalue weighted by Crippen LogP contribution is -2.13. The Morgan fingerprint density at radius 2 is 1.85 bits per heavy atom. The summed E-state index contributed by atoms with van der Waals surface area (Å²) in [4.78, 5) is 12.5. The average molecular weight is 383 g/mol. The van der Waals surface area contributed by atoms with Crippen LogP contribution < -0.4 is 14.8 Å². The highest BCUT2D eigenvalue weighted by Crippen LogP contribution is 2.22. The number of benzene rings is 2. The molecule has 3 rings (SSSR count). The number of hydrogen-bond donors (Lipinski definition) is 1. The molecule has 6 nitrogen and oxygen atoms in total. The van der Waals surface area contributed by atoms with E-state index in [1.807, 2.05) is 37.3 Å². The van der Waals surface area contributed by atoms with Crippen molar-refractivity contribution >= 4 is 22.4 Å². The summed E-state index contributed by atoms with van der Waals surface area (Å²) >= 11 is 1.38. The van der Waals surface area contributed by atoms with Crippen molar-refractivity contribution < 1.29 is 14.3 Å². The van der Waals surface area contributed by atoms with Crippen LogP contribution in [0.4, 0.5) is 5.13 Å². The quantitative estimate of drug-likeness (QED) is 0.637. The molecule has 3 aromatic rings. The van der Waals surface area contributed by atoms with E-state index in [0.29, 0.717) is 23.1 Å². The molecule has 0 saturated heterocycles. The first-order valence-corrected chi connectivity index (χ1v) is 9.49. The molecule has 7 heteroatoms. The Morgan fingerprint density at radius 1 is 1.07 bits per heavy atom. The summed E-state index contributed by atoms with van der Waals surface area (Å²) in [5.74, 6) is 1.14. The number of nitrogens with one attached hydrogen (secondary N) is 1. The summed E-state index contributed by atoms with van der Waals surface area (Å²) in [5, 5.41) is 12.4. The number of ether oxygens (including phenoxy) is 2. The number of nitrogens with zero attached hydrogens (tertiary/aromatic N) is 2. The van der Waals surface area contributed by atoms with Crippen LogP contribution in [0.15, 0.2) is 48.5 Å². The smallest absolute Gasteiger partial charge is 0.261 e. The van der Waals surface area contributed by atoms with E-state index in [4.69, 9.17) is 9.47 Å². The van der Waals surface area contributed by atoms with Crippen molar-refractivity contribution in [2.24, 2.45) is 0 Å². The van der Waals surface area contributed by atoms with Gasteiger partial charge in [0.15, 0.2) is 0 Å². The van der Waals surface area contributed by atoms with Crippen LogP contribution in [0.2, 0.25) is 0 Å². The number of para-hydroxylation sites is 1. The minimum absolute atomic E-state index is 0.253. The normalized spacial score (nSPS) is 10.4. The van der Waals surface area contributed by atoms with Gasteiger partial charge in [-0.3, -0.25) is 10.1 Å². The fourth-order valence-electron chi connectivity index (χ4n) is 2.55. The van der Waals surface area contributed by atoms with Gasteiger partial charge in [-0.25, -0.2) is 0 Å². The van der Waals surface area contributed by atoms with Crippen molar-refractivity contribution in [2.75, 3.05) is 19.0 Å². The number of amides is 1. The van der Waals surface area contributed by atoms with Crippen LogP contribution in [-0.4, -0.2) is 29.8 Å². The molecule has 0 aliphatic heterocycles. The van der Waals surface area contributed by atoms with E-state index < -0.39 is 0 Å². The van der Waals surface area contributed by atoms with Crippen LogP contribution in [-0.2, 0) is 12.8 Å². The van der Waals surface area contributed by atoms with E-state index >= 15 is 0 Å². The lowest BCUT2D eigenvalue weighted by atomic mass is 10.1. The molecular formula is C20H21N3O3S. The van der Waals surface area contributed by atoms with Gasteiger partial charge in [-0.05, 0) is 43.2 Å². The molecule has 1 amide bonds. The second kappa shape index (κ2) is 9.14. The van der Waals surface area contributed by atoms with Gasteiger partial charge in [-0.15, -0.1) is 10.2 Å². The molecule has 0 radical (unpaired) electrons. The van der Waals surface area contributed by atoms with Crippen molar-refractivity contribution in [3.63, 3.8) is 0 Å². The number of anilines is 1. The Labute approximate surface area is 162 Å². The number of carbonyl (C=O) groups excluding carboxylic acids is 1. The number of aryl methyl sites for hydroxylation is 2. The van der Waals surface area contributed by atoms with E-state index in [1.54, 1.807) is 25.3 Å². The van der Waals surface area contributed by atoms with Gasteiger partial charge in [0.05, 0.1) is 19.3 Å². The lowest BCUT2D eigenvalue weighted by Gasteiger charge is -2.08. The van der Waals surface area contributed by atoms with Crippen molar-refractivity contribution in [1.29, 1.82) is 0 Å². The molecule has 1 N–H and O–H groups in total. The minimum atomic E-state index is -0.253. The summed E-state index contributed by atoms with van der Waals surface area (Å²) < 4.78 is 10.7. The second-order valence-corrected chi connectivity index (χ2v) is 6.79. The predicted octanol–water partition coefficient (Wildman–Crippen LogP) is 3.98. The maximum atomic E-state index is 12.5. The van der Waals surface area contributed by atoms with Gasteiger partial charge in [-0.1, -0.05) is 35.6 Å². The highest BCUT2D eigenvalue weighted by molar-refractivity contribution is 7.15. The zero-order chi connectivity index (χ0) is 19.1. The third-order valence-electron chi connectivity index (χ3n) is 3.91. The summed E-state index contributed by atoms with van der Waals surface area (Å²) in [6, 6.07) is 15.1. The molecule has 0 spiro atoms. The Morgan fingerprint density at radius 3 is 2.59 bits per heavy atom.